The van der Waals surface area contributed by atoms with Crippen molar-refractivity contribution in [3.63, 3.8) is 0 Å². The van der Waals surface area contributed by atoms with Crippen molar-refractivity contribution in [3.05, 3.63) is 0 Å². The van der Waals surface area contributed by atoms with Gasteiger partial charge in [0, 0.05) is 5.54 Å². The van der Waals surface area contributed by atoms with Crippen molar-refractivity contribution in [1.29, 1.82) is 0 Å². The Hall–Kier alpha value is -0.180. The Bertz CT molecular complexity index is 254. The molecule has 3 heteroatoms. The van der Waals surface area contributed by atoms with Crippen LogP contribution in [-0.2, 0) is 0 Å². The molecule has 0 aromatic heterocycles. The van der Waals surface area contributed by atoms with Crippen molar-refractivity contribution in [2.75, 3.05) is 6.26 Å². The number of carbonyl (C=O) groups excluding carboxylic acids is 1. The maximum absolute atomic E-state index is 11.5. The smallest absolute Gasteiger partial charge is 0.279 e. The number of hydrogen-bond donors (Lipinski definition) is 1. The van der Waals surface area contributed by atoms with E-state index in [4.69, 9.17) is 0 Å². The SMILES string of the molecule is CSC(=O)NC12CC3CC(CC(C3)C1)C2. The lowest BCUT2D eigenvalue weighted by Gasteiger charge is -2.56. The molecule has 1 N–H and O–H groups in total. The second kappa shape index (κ2) is 3.41. The minimum atomic E-state index is 0.178. The first-order valence-electron chi connectivity index (χ1n) is 6.05. The normalized spacial score (nSPS) is 46.9. The number of carbonyl (C=O) groups is 1. The van der Waals surface area contributed by atoms with Crippen LogP contribution in [0.2, 0.25) is 0 Å². The van der Waals surface area contributed by atoms with Gasteiger partial charge in [-0.05, 0) is 62.5 Å². The Labute approximate surface area is 95.6 Å². The zero-order chi connectivity index (χ0) is 10.5. The zero-order valence-electron chi connectivity index (χ0n) is 9.29. The lowest BCUT2D eigenvalue weighted by Crippen LogP contribution is -2.59. The topological polar surface area (TPSA) is 29.1 Å². The monoisotopic (exact) mass is 225 g/mol. The molecule has 0 saturated heterocycles. The predicted molar refractivity (Wildman–Crippen MR) is 62.9 cm³/mol. The molecule has 0 aromatic carbocycles. The van der Waals surface area contributed by atoms with Crippen LogP contribution in [0.1, 0.15) is 38.5 Å². The largest absolute Gasteiger partial charge is 0.342 e. The van der Waals surface area contributed by atoms with E-state index in [9.17, 15) is 4.79 Å². The molecule has 4 fully saturated rings. The van der Waals surface area contributed by atoms with E-state index >= 15 is 0 Å². The fourth-order valence-corrected chi connectivity index (χ4v) is 4.85. The quantitative estimate of drug-likeness (QED) is 0.743. The fraction of sp³-hybridized carbons (Fsp3) is 0.917. The van der Waals surface area contributed by atoms with E-state index in [0.29, 0.717) is 0 Å². The van der Waals surface area contributed by atoms with Crippen LogP contribution in [-0.4, -0.2) is 17.0 Å². The molecule has 0 spiro atoms. The molecule has 0 unspecified atom stereocenters. The standard InChI is InChI=1S/C12H19NOS/c1-15-11(14)13-12-5-8-2-9(6-12)4-10(3-8)7-12/h8-10H,2-7H2,1H3,(H,13,14). The molecule has 0 aromatic rings. The molecule has 0 aliphatic heterocycles. The van der Waals surface area contributed by atoms with Gasteiger partial charge in [-0.2, -0.15) is 0 Å². The molecule has 1 amide bonds. The summed E-state index contributed by atoms with van der Waals surface area (Å²) in [6.45, 7) is 0. The van der Waals surface area contributed by atoms with Crippen LogP contribution in [0.25, 0.3) is 0 Å². The minimum Gasteiger partial charge on any atom is -0.342 e. The molecule has 0 heterocycles. The molecular formula is C12H19NOS. The fourth-order valence-electron chi connectivity index (χ4n) is 4.53. The molecule has 15 heavy (non-hydrogen) atoms. The molecule has 0 atom stereocenters. The van der Waals surface area contributed by atoms with Gasteiger partial charge in [-0.25, -0.2) is 0 Å². The highest BCUT2D eigenvalue weighted by Gasteiger charge is 2.51. The van der Waals surface area contributed by atoms with E-state index in [1.165, 1.54) is 50.3 Å². The Balaban J connectivity index is 1.78. The average Bonchev–Trinajstić information content (AvgIpc) is 2.14. The van der Waals surface area contributed by atoms with Crippen molar-refractivity contribution < 1.29 is 4.79 Å². The van der Waals surface area contributed by atoms with E-state index in [2.05, 4.69) is 5.32 Å². The first-order valence-corrected chi connectivity index (χ1v) is 7.28. The van der Waals surface area contributed by atoms with E-state index < -0.39 is 0 Å². The molecule has 2 nitrogen and oxygen atoms in total. The summed E-state index contributed by atoms with van der Waals surface area (Å²) in [4.78, 5) is 11.5. The van der Waals surface area contributed by atoms with Crippen LogP contribution in [0.15, 0.2) is 0 Å². The summed E-state index contributed by atoms with van der Waals surface area (Å²) < 4.78 is 0. The van der Waals surface area contributed by atoms with Gasteiger partial charge < -0.3 is 5.32 Å². The van der Waals surface area contributed by atoms with E-state index in [-0.39, 0.29) is 10.8 Å². The summed E-state index contributed by atoms with van der Waals surface area (Å²) in [7, 11) is 0. The molecule has 4 bridgehead atoms. The average molecular weight is 225 g/mol. The lowest BCUT2D eigenvalue weighted by atomic mass is 9.53. The Morgan fingerprint density at radius 1 is 1.13 bits per heavy atom. The van der Waals surface area contributed by atoms with Crippen LogP contribution in [0.5, 0.6) is 0 Å². The Morgan fingerprint density at radius 2 is 1.60 bits per heavy atom. The van der Waals surface area contributed by atoms with Crippen molar-refractivity contribution in [2.24, 2.45) is 17.8 Å². The van der Waals surface area contributed by atoms with Gasteiger partial charge in [-0.3, -0.25) is 4.79 Å². The van der Waals surface area contributed by atoms with Crippen LogP contribution < -0.4 is 5.32 Å². The van der Waals surface area contributed by atoms with Crippen LogP contribution in [0, 0.1) is 17.8 Å². The third-order valence-electron chi connectivity index (χ3n) is 4.59. The lowest BCUT2D eigenvalue weighted by molar-refractivity contribution is -0.0119. The molecule has 4 aliphatic rings. The summed E-state index contributed by atoms with van der Waals surface area (Å²) in [6.07, 6.45) is 9.95. The Kier molecular flexibility index (Phi) is 2.27. The molecular weight excluding hydrogens is 206 g/mol. The van der Waals surface area contributed by atoms with Gasteiger partial charge in [0.05, 0.1) is 0 Å². The van der Waals surface area contributed by atoms with Gasteiger partial charge in [-0.1, -0.05) is 11.8 Å². The number of amides is 1. The van der Waals surface area contributed by atoms with Gasteiger partial charge in [0.2, 0.25) is 0 Å². The van der Waals surface area contributed by atoms with Crippen molar-refractivity contribution in [2.45, 2.75) is 44.1 Å². The molecule has 4 rings (SSSR count). The maximum Gasteiger partial charge on any atom is 0.279 e. The summed E-state index contributed by atoms with van der Waals surface area (Å²) >= 11 is 1.32. The highest BCUT2D eigenvalue weighted by Crippen LogP contribution is 2.55. The summed E-state index contributed by atoms with van der Waals surface area (Å²) in [5.74, 6) is 2.75. The molecule has 84 valence electrons. The highest BCUT2D eigenvalue weighted by atomic mass is 32.2. The third-order valence-corrected chi connectivity index (χ3v) is 5.06. The second-order valence-corrected chi connectivity index (χ2v) is 6.59. The van der Waals surface area contributed by atoms with Gasteiger partial charge in [-0.15, -0.1) is 0 Å². The first kappa shape index (κ1) is 10.0. The Morgan fingerprint density at radius 3 is 2.00 bits per heavy atom. The zero-order valence-corrected chi connectivity index (χ0v) is 10.1. The number of nitrogens with one attached hydrogen (secondary N) is 1. The number of rotatable bonds is 1. The molecule has 0 radical (unpaired) electrons. The van der Waals surface area contributed by atoms with Crippen molar-refractivity contribution in [1.82, 2.24) is 5.32 Å². The van der Waals surface area contributed by atoms with Crippen molar-refractivity contribution >= 4 is 17.0 Å². The van der Waals surface area contributed by atoms with Crippen molar-refractivity contribution in [3.8, 4) is 0 Å². The van der Waals surface area contributed by atoms with Gasteiger partial charge in [0.1, 0.15) is 0 Å². The van der Waals surface area contributed by atoms with E-state index in [1.54, 1.807) is 0 Å². The minimum absolute atomic E-state index is 0.178. The maximum atomic E-state index is 11.5. The predicted octanol–water partition coefficient (Wildman–Crippen LogP) is 3.03. The molecule has 4 aliphatic carbocycles. The van der Waals surface area contributed by atoms with Gasteiger partial charge >= 0.3 is 0 Å². The van der Waals surface area contributed by atoms with Gasteiger partial charge in [0.25, 0.3) is 5.24 Å². The summed E-state index contributed by atoms with van der Waals surface area (Å²) in [5, 5.41) is 3.48. The third kappa shape index (κ3) is 1.69. The van der Waals surface area contributed by atoms with Gasteiger partial charge in [0.15, 0.2) is 0 Å². The van der Waals surface area contributed by atoms with E-state index in [0.717, 1.165) is 17.8 Å². The summed E-state index contributed by atoms with van der Waals surface area (Å²) in [5.41, 5.74) is 0.203. The number of hydrogen-bond acceptors (Lipinski definition) is 2. The molecule has 4 saturated carbocycles. The highest BCUT2D eigenvalue weighted by molar-refractivity contribution is 8.12. The first-order chi connectivity index (χ1) is 7.19. The number of thioether (sulfide) groups is 1. The van der Waals surface area contributed by atoms with Crippen LogP contribution in [0.4, 0.5) is 4.79 Å². The second-order valence-electron chi connectivity index (χ2n) is 5.81. The van der Waals surface area contributed by atoms with E-state index in [1.807, 2.05) is 6.26 Å². The van der Waals surface area contributed by atoms with Crippen LogP contribution in [0.3, 0.4) is 0 Å². The van der Waals surface area contributed by atoms with Crippen LogP contribution >= 0.6 is 11.8 Å². The summed E-state index contributed by atoms with van der Waals surface area (Å²) in [6, 6.07) is 0.